The first-order valence-electron chi connectivity index (χ1n) is 12.3. The number of hydrogen-bond donors (Lipinski definition) is 1. The summed E-state index contributed by atoms with van der Waals surface area (Å²) in [5.74, 6) is -3.17. The summed E-state index contributed by atoms with van der Waals surface area (Å²) in [6, 6.07) is 9.46. The molecule has 2 unspecified atom stereocenters. The van der Waals surface area contributed by atoms with Crippen molar-refractivity contribution in [2.75, 3.05) is 26.2 Å². The van der Waals surface area contributed by atoms with Crippen LogP contribution >= 0.6 is 12.4 Å². The molecule has 2 aliphatic rings. The number of likely N-dealkylation sites (tertiary alicyclic amines) is 2. The Morgan fingerprint density at radius 3 is 2.00 bits per heavy atom. The summed E-state index contributed by atoms with van der Waals surface area (Å²) in [5.41, 5.74) is -0.413. The Morgan fingerprint density at radius 2 is 1.47 bits per heavy atom. The van der Waals surface area contributed by atoms with Gasteiger partial charge in [0.2, 0.25) is 5.91 Å². The number of carbonyl (C=O) groups is 1. The van der Waals surface area contributed by atoms with Crippen LogP contribution in [0, 0.1) is 35.2 Å². The van der Waals surface area contributed by atoms with E-state index in [1.807, 2.05) is 13.8 Å². The number of halogens is 4. The van der Waals surface area contributed by atoms with E-state index in [1.54, 1.807) is 17.0 Å². The molecule has 1 N–H and O–H groups in total. The lowest BCUT2D eigenvalue weighted by molar-refractivity contribution is -0.152. The Hall–Kier alpha value is -2.09. The van der Waals surface area contributed by atoms with Crippen molar-refractivity contribution >= 4 is 18.3 Å². The third-order valence-electron chi connectivity index (χ3n) is 8.06. The second-order valence-corrected chi connectivity index (χ2v) is 11.3. The Bertz CT molecular complexity index is 1080. The largest absolute Gasteiger partial charge is 0.384 e. The molecule has 0 bridgehead atoms. The van der Waals surface area contributed by atoms with Crippen LogP contribution in [0.5, 0.6) is 0 Å². The highest BCUT2D eigenvalue weighted by atomic mass is 35.5. The molecule has 0 spiro atoms. The van der Waals surface area contributed by atoms with Crippen molar-refractivity contribution < 1.29 is 23.1 Å². The van der Waals surface area contributed by atoms with Gasteiger partial charge in [-0.3, -0.25) is 9.69 Å². The van der Waals surface area contributed by atoms with Gasteiger partial charge >= 0.3 is 0 Å². The summed E-state index contributed by atoms with van der Waals surface area (Å²) in [4.78, 5) is 17.8. The fourth-order valence-corrected chi connectivity index (χ4v) is 5.92. The number of rotatable bonds is 3. The number of benzene rings is 2. The smallest absolute Gasteiger partial charge is 0.227 e. The zero-order valence-electron chi connectivity index (χ0n) is 21.5. The van der Waals surface area contributed by atoms with Gasteiger partial charge < -0.3 is 10.0 Å². The van der Waals surface area contributed by atoms with Crippen molar-refractivity contribution in [3.8, 4) is 0 Å². The summed E-state index contributed by atoms with van der Waals surface area (Å²) in [7, 11) is 0. The van der Waals surface area contributed by atoms with Crippen LogP contribution in [0.15, 0.2) is 42.5 Å². The molecule has 2 fully saturated rings. The second-order valence-electron chi connectivity index (χ2n) is 11.3. The molecular weight excluding hydrogens is 489 g/mol. The molecule has 4 rings (SSSR count). The Balaban J connectivity index is 0.00000361. The lowest BCUT2D eigenvalue weighted by Gasteiger charge is -2.48. The van der Waals surface area contributed by atoms with Gasteiger partial charge in [-0.2, -0.15) is 0 Å². The highest BCUT2D eigenvalue weighted by Gasteiger charge is 2.50. The number of carbonyl (C=O) groups excluding carboxylic acids is 1. The van der Waals surface area contributed by atoms with E-state index in [0.717, 1.165) is 6.07 Å². The van der Waals surface area contributed by atoms with E-state index in [1.165, 1.54) is 24.3 Å². The minimum Gasteiger partial charge on any atom is -0.384 e. The first-order chi connectivity index (χ1) is 16.3. The van der Waals surface area contributed by atoms with E-state index in [9.17, 15) is 23.1 Å². The van der Waals surface area contributed by atoms with E-state index >= 15 is 0 Å². The summed E-state index contributed by atoms with van der Waals surface area (Å²) in [5, 5.41) is 11.6. The molecular formula is C28H36ClF3N2O2. The van der Waals surface area contributed by atoms with Gasteiger partial charge in [0.1, 0.15) is 17.5 Å². The van der Waals surface area contributed by atoms with Gasteiger partial charge in [-0.1, -0.05) is 32.0 Å². The molecule has 0 radical (unpaired) electrons. The van der Waals surface area contributed by atoms with E-state index in [0.29, 0.717) is 37.3 Å². The van der Waals surface area contributed by atoms with Gasteiger partial charge in [0.25, 0.3) is 0 Å². The average molecular weight is 525 g/mol. The van der Waals surface area contributed by atoms with Crippen LogP contribution in [0.25, 0.3) is 0 Å². The summed E-state index contributed by atoms with van der Waals surface area (Å²) in [6.45, 7) is 11.6. The van der Waals surface area contributed by atoms with E-state index in [4.69, 9.17) is 0 Å². The normalized spacial score (nSPS) is 29.2. The Labute approximate surface area is 217 Å². The van der Waals surface area contributed by atoms with Crippen LogP contribution in [-0.4, -0.2) is 52.5 Å². The van der Waals surface area contributed by atoms with E-state index < -0.39 is 29.1 Å². The summed E-state index contributed by atoms with van der Waals surface area (Å²) in [6.07, 6.45) is 0. The number of piperidine rings is 1. The van der Waals surface area contributed by atoms with Crippen LogP contribution in [0.2, 0.25) is 0 Å². The lowest BCUT2D eigenvalue weighted by Crippen LogP contribution is -2.57. The van der Waals surface area contributed by atoms with Crippen molar-refractivity contribution in [2.24, 2.45) is 17.8 Å². The maximum absolute atomic E-state index is 14.8. The molecule has 4 atom stereocenters. The molecule has 198 valence electrons. The van der Waals surface area contributed by atoms with E-state index in [2.05, 4.69) is 25.7 Å². The van der Waals surface area contributed by atoms with Crippen molar-refractivity contribution in [1.29, 1.82) is 0 Å². The highest BCUT2D eigenvalue weighted by molar-refractivity contribution is 5.85. The first-order valence-corrected chi connectivity index (χ1v) is 12.3. The van der Waals surface area contributed by atoms with Crippen LogP contribution in [0.1, 0.15) is 51.7 Å². The average Bonchev–Trinajstić information content (AvgIpc) is 3.23. The molecule has 2 aliphatic heterocycles. The number of hydrogen-bond acceptors (Lipinski definition) is 3. The molecule has 0 aliphatic carbocycles. The van der Waals surface area contributed by atoms with Gasteiger partial charge in [0.05, 0.1) is 11.5 Å². The van der Waals surface area contributed by atoms with Crippen LogP contribution in [-0.2, 0) is 10.4 Å². The van der Waals surface area contributed by atoms with Crippen molar-refractivity contribution in [3.05, 3.63) is 71.0 Å². The third-order valence-corrected chi connectivity index (χ3v) is 8.06. The predicted molar refractivity (Wildman–Crippen MR) is 136 cm³/mol. The Kier molecular flexibility index (Phi) is 8.19. The molecule has 8 heteroatoms. The fourth-order valence-electron chi connectivity index (χ4n) is 5.92. The summed E-state index contributed by atoms with van der Waals surface area (Å²) >= 11 is 0. The molecule has 1 amide bonds. The SMILES string of the molecule is CC1CN(C(=O)[C@@H]2CN(C(C)(C)C)C[C@H]2c2ccc(F)cc2F)CC(C)C1(O)c1ccc(F)cc1.Cl. The predicted octanol–water partition coefficient (Wildman–Crippen LogP) is 5.34. The third kappa shape index (κ3) is 5.15. The zero-order chi connectivity index (χ0) is 25.7. The molecule has 2 aromatic carbocycles. The van der Waals surface area contributed by atoms with Gasteiger partial charge in [0.15, 0.2) is 0 Å². The Morgan fingerprint density at radius 1 is 0.917 bits per heavy atom. The molecule has 0 aromatic heterocycles. The molecule has 4 nitrogen and oxygen atoms in total. The van der Waals surface area contributed by atoms with Gasteiger partial charge in [-0.25, -0.2) is 13.2 Å². The highest BCUT2D eigenvalue weighted by Crippen LogP contribution is 2.44. The number of amides is 1. The molecule has 2 heterocycles. The van der Waals surface area contributed by atoms with Crippen LogP contribution in [0.4, 0.5) is 13.2 Å². The van der Waals surface area contributed by atoms with Crippen LogP contribution in [0.3, 0.4) is 0 Å². The topological polar surface area (TPSA) is 43.8 Å². The standard InChI is InChI=1S/C28H35F3N2O2.ClH/c1-17-13-32(14-18(2)28(17,35)19-6-8-20(29)9-7-19)26(34)24-16-33(27(3,4)5)15-23(24)22-11-10-21(30)12-25(22)31;/h6-12,17-18,23-24,35H,13-16H2,1-5H3;1H/t17?,18?,23-,24+,28?;/m0./s1. The lowest BCUT2D eigenvalue weighted by atomic mass is 9.70. The first kappa shape index (κ1) is 28.5. The maximum Gasteiger partial charge on any atom is 0.227 e. The fraction of sp³-hybridized carbons (Fsp3) is 0.536. The molecule has 0 saturated carbocycles. The van der Waals surface area contributed by atoms with Gasteiger partial charge in [-0.15, -0.1) is 12.4 Å². The quantitative estimate of drug-likeness (QED) is 0.589. The monoisotopic (exact) mass is 524 g/mol. The van der Waals surface area contributed by atoms with Crippen LogP contribution < -0.4 is 0 Å². The minimum absolute atomic E-state index is 0. The maximum atomic E-state index is 14.8. The molecule has 2 saturated heterocycles. The number of nitrogens with zero attached hydrogens (tertiary/aromatic N) is 2. The van der Waals surface area contributed by atoms with Crippen molar-refractivity contribution in [2.45, 2.75) is 51.7 Å². The molecule has 36 heavy (non-hydrogen) atoms. The minimum atomic E-state index is -1.19. The van der Waals surface area contributed by atoms with E-state index in [-0.39, 0.29) is 41.5 Å². The summed E-state index contributed by atoms with van der Waals surface area (Å²) < 4.78 is 41.9. The second kappa shape index (κ2) is 10.3. The van der Waals surface area contributed by atoms with Crippen molar-refractivity contribution in [1.82, 2.24) is 9.80 Å². The number of aliphatic hydroxyl groups is 1. The van der Waals surface area contributed by atoms with Gasteiger partial charge in [0, 0.05) is 55.5 Å². The van der Waals surface area contributed by atoms with Crippen molar-refractivity contribution in [3.63, 3.8) is 0 Å². The van der Waals surface area contributed by atoms with Gasteiger partial charge in [-0.05, 0) is 50.1 Å². The zero-order valence-corrected chi connectivity index (χ0v) is 22.3. The molecule has 2 aromatic rings.